The molecule has 1 aliphatic heterocycles. The van der Waals surface area contributed by atoms with Crippen molar-refractivity contribution < 1.29 is 9.53 Å². The summed E-state index contributed by atoms with van der Waals surface area (Å²) in [5, 5.41) is 3.09. The number of hydrogen-bond donors (Lipinski definition) is 1. The molecule has 1 heterocycles. The number of carbonyl (C=O) groups excluding carboxylic acids is 1. The van der Waals surface area contributed by atoms with Gasteiger partial charge in [0.1, 0.15) is 0 Å². The molecule has 4 nitrogen and oxygen atoms in total. The number of amides is 1. The molecule has 4 heteroatoms. The van der Waals surface area contributed by atoms with E-state index in [0.717, 1.165) is 0 Å². The van der Waals surface area contributed by atoms with Crippen LogP contribution in [0.2, 0.25) is 0 Å². The summed E-state index contributed by atoms with van der Waals surface area (Å²) in [6.45, 7) is 4.05. The van der Waals surface area contributed by atoms with Gasteiger partial charge in [-0.2, -0.15) is 0 Å². The maximum Gasteiger partial charge on any atom is 0.230 e. The Labute approximate surface area is 91.0 Å². The number of carbonyl (C=O) groups is 1. The molecule has 1 fully saturated rings. The van der Waals surface area contributed by atoms with E-state index in [2.05, 4.69) is 11.2 Å². The summed E-state index contributed by atoms with van der Waals surface area (Å²) in [5.74, 6) is 2.50. The number of ether oxygens (including phenoxy) is 1. The highest BCUT2D eigenvalue weighted by molar-refractivity contribution is 5.80. The van der Waals surface area contributed by atoms with Crippen LogP contribution in [0.25, 0.3) is 0 Å². The van der Waals surface area contributed by atoms with Crippen LogP contribution in [0.1, 0.15) is 6.92 Å². The predicted octanol–water partition coefficient (Wildman–Crippen LogP) is -0.297. The minimum atomic E-state index is -0.0942. The Kier molecular flexibility index (Phi) is 4.60. The third-order valence-corrected chi connectivity index (χ3v) is 2.74. The lowest BCUT2D eigenvalue weighted by atomic mass is 10.0. The highest BCUT2D eigenvalue weighted by Gasteiger charge is 2.34. The molecular weight excluding hydrogens is 192 g/mol. The lowest BCUT2D eigenvalue weighted by Gasteiger charge is -2.24. The SMILES string of the molecule is C#CCN(CC)C(=O)C1COCC1NC. The molecule has 2 unspecified atom stereocenters. The van der Waals surface area contributed by atoms with E-state index >= 15 is 0 Å². The molecule has 0 spiro atoms. The zero-order chi connectivity index (χ0) is 11.3. The molecule has 1 saturated heterocycles. The van der Waals surface area contributed by atoms with E-state index in [1.807, 2.05) is 14.0 Å². The topological polar surface area (TPSA) is 41.6 Å². The molecule has 84 valence electrons. The Bertz CT molecular complexity index is 260. The average Bonchev–Trinajstić information content (AvgIpc) is 2.72. The van der Waals surface area contributed by atoms with Crippen molar-refractivity contribution in [2.75, 3.05) is 33.4 Å². The van der Waals surface area contributed by atoms with Crippen LogP contribution in [-0.2, 0) is 9.53 Å². The molecule has 0 aliphatic carbocycles. The van der Waals surface area contributed by atoms with E-state index in [-0.39, 0.29) is 17.9 Å². The van der Waals surface area contributed by atoms with Crippen molar-refractivity contribution in [2.24, 2.45) is 5.92 Å². The molecule has 2 atom stereocenters. The van der Waals surface area contributed by atoms with Crippen LogP contribution in [0.3, 0.4) is 0 Å². The van der Waals surface area contributed by atoms with Crippen LogP contribution in [0.4, 0.5) is 0 Å². The summed E-state index contributed by atoms with van der Waals surface area (Å²) < 4.78 is 5.29. The number of terminal acetylenes is 1. The van der Waals surface area contributed by atoms with Gasteiger partial charge in [-0.15, -0.1) is 6.42 Å². The highest BCUT2D eigenvalue weighted by atomic mass is 16.5. The Balaban J connectivity index is 2.61. The summed E-state index contributed by atoms with van der Waals surface area (Å²) in [5.41, 5.74) is 0. The number of nitrogens with zero attached hydrogens (tertiary/aromatic N) is 1. The van der Waals surface area contributed by atoms with Gasteiger partial charge in [0, 0.05) is 12.6 Å². The molecule has 0 aromatic heterocycles. The average molecular weight is 210 g/mol. The molecule has 0 radical (unpaired) electrons. The number of hydrogen-bond acceptors (Lipinski definition) is 3. The zero-order valence-corrected chi connectivity index (χ0v) is 9.32. The quantitative estimate of drug-likeness (QED) is 0.648. The zero-order valence-electron chi connectivity index (χ0n) is 9.32. The Morgan fingerprint density at radius 3 is 2.93 bits per heavy atom. The van der Waals surface area contributed by atoms with Crippen molar-refractivity contribution in [3.63, 3.8) is 0 Å². The Morgan fingerprint density at radius 1 is 1.67 bits per heavy atom. The predicted molar refractivity (Wildman–Crippen MR) is 58.2 cm³/mol. The fraction of sp³-hybridized carbons (Fsp3) is 0.727. The normalized spacial score (nSPS) is 24.9. The molecular formula is C11H18N2O2. The van der Waals surface area contributed by atoms with Gasteiger partial charge in [-0.05, 0) is 14.0 Å². The van der Waals surface area contributed by atoms with Gasteiger partial charge in [-0.25, -0.2) is 0 Å². The highest BCUT2D eigenvalue weighted by Crippen LogP contribution is 2.16. The van der Waals surface area contributed by atoms with Gasteiger partial charge in [-0.3, -0.25) is 4.79 Å². The third kappa shape index (κ3) is 2.71. The molecule has 1 aliphatic rings. The lowest BCUT2D eigenvalue weighted by molar-refractivity contribution is -0.135. The third-order valence-electron chi connectivity index (χ3n) is 2.74. The van der Waals surface area contributed by atoms with Gasteiger partial charge < -0.3 is 15.0 Å². The molecule has 1 rings (SSSR count). The first-order valence-electron chi connectivity index (χ1n) is 5.21. The van der Waals surface area contributed by atoms with Crippen LogP contribution in [0.15, 0.2) is 0 Å². The molecule has 1 N–H and O–H groups in total. The summed E-state index contributed by atoms with van der Waals surface area (Å²) in [4.78, 5) is 13.7. The second kappa shape index (κ2) is 5.74. The molecule has 0 bridgehead atoms. The van der Waals surface area contributed by atoms with Gasteiger partial charge in [-0.1, -0.05) is 5.92 Å². The standard InChI is InChI=1S/C11H18N2O2/c1-4-6-13(5-2)11(14)9-7-15-8-10(9)12-3/h1,9-10,12H,5-8H2,2-3H3. The van der Waals surface area contributed by atoms with Gasteiger partial charge in [0.15, 0.2) is 0 Å². The second-order valence-corrected chi connectivity index (χ2v) is 3.60. The van der Waals surface area contributed by atoms with Crippen molar-refractivity contribution in [3.8, 4) is 12.3 Å². The number of rotatable bonds is 4. The smallest absolute Gasteiger partial charge is 0.230 e. The fourth-order valence-electron chi connectivity index (χ4n) is 1.77. The first kappa shape index (κ1) is 12.0. The lowest BCUT2D eigenvalue weighted by Crippen LogP contribution is -2.44. The molecule has 0 saturated carbocycles. The van der Waals surface area contributed by atoms with Crippen molar-refractivity contribution >= 4 is 5.91 Å². The van der Waals surface area contributed by atoms with E-state index < -0.39 is 0 Å². The van der Waals surface area contributed by atoms with Gasteiger partial charge in [0.25, 0.3) is 0 Å². The van der Waals surface area contributed by atoms with E-state index in [1.165, 1.54) is 0 Å². The van der Waals surface area contributed by atoms with Crippen LogP contribution < -0.4 is 5.32 Å². The van der Waals surface area contributed by atoms with Crippen molar-refractivity contribution in [1.82, 2.24) is 10.2 Å². The maximum absolute atomic E-state index is 12.0. The monoisotopic (exact) mass is 210 g/mol. The summed E-state index contributed by atoms with van der Waals surface area (Å²) in [6.07, 6.45) is 5.22. The van der Waals surface area contributed by atoms with E-state index in [0.29, 0.717) is 26.3 Å². The van der Waals surface area contributed by atoms with Crippen LogP contribution in [0.5, 0.6) is 0 Å². The van der Waals surface area contributed by atoms with Gasteiger partial charge in [0.2, 0.25) is 5.91 Å². The minimum Gasteiger partial charge on any atom is -0.379 e. The van der Waals surface area contributed by atoms with Gasteiger partial charge in [0.05, 0.1) is 25.7 Å². The van der Waals surface area contributed by atoms with E-state index in [1.54, 1.807) is 4.90 Å². The number of nitrogens with one attached hydrogen (secondary N) is 1. The van der Waals surface area contributed by atoms with Crippen molar-refractivity contribution in [1.29, 1.82) is 0 Å². The Hall–Kier alpha value is -1.05. The van der Waals surface area contributed by atoms with Gasteiger partial charge >= 0.3 is 0 Å². The Morgan fingerprint density at radius 2 is 2.40 bits per heavy atom. The largest absolute Gasteiger partial charge is 0.379 e. The molecule has 0 aromatic rings. The van der Waals surface area contributed by atoms with Crippen LogP contribution in [0, 0.1) is 18.3 Å². The molecule has 0 aromatic carbocycles. The first-order valence-corrected chi connectivity index (χ1v) is 5.21. The number of likely N-dealkylation sites (N-methyl/N-ethyl adjacent to an activating group) is 1. The minimum absolute atomic E-state index is 0.0901. The van der Waals surface area contributed by atoms with Crippen molar-refractivity contribution in [2.45, 2.75) is 13.0 Å². The van der Waals surface area contributed by atoms with E-state index in [9.17, 15) is 4.79 Å². The summed E-state index contributed by atoms with van der Waals surface area (Å²) in [7, 11) is 1.84. The van der Waals surface area contributed by atoms with Crippen molar-refractivity contribution in [3.05, 3.63) is 0 Å². The first-order chi connectivity index (χ1) is 7.24. The van der Waals surface area contributed by atoms with Crippen LogP contribution >= 0.6 is 0 Å². The second-order valence-electron chi connectivity index (χ2n) is 3.60. The van der Waals surface area contributed by atoms with Crippen LogP contribution in [-0.4, -0.2) is 50.2 Å². The van der Waals surface area contributed by atoms with E-state index in [4.69, 9.17) is 11.2 Å². The molecule has 15 heavy (non-hydrogen) atoms. The summed E-state index contributed by atoms with van der Waals surface area (Å²) in [6, 6.07) is 0.115. The molecule has 1 amide bonds. The maximum atomic E-state index is 12.0. The summed E-state index contributed by atoms with van der Waals surface area (Å²) >= 11 is 0. The fourth-order valence-corrected chi connectivity index (χ4v) is 1.77.